The number of aliphatic hydroxyl groups is 1. The summed E-state index contributed by atoms with van der Waals surface area (Å²) in [5.74, 6) is -0.596. The van der Waals surface area contributed by atoms with E-state index >= 15 is 0 Å². The first-order valence-electron chi connectivity index (χ1n) is 7.84. The van der Waals surface area contributed by atoms with Gasteiger partial charge in [0, 0.05) is 4.88 Å². The number of amides is 1. The molecule has 25 heavy (non-hydrogen) atoms. The summed E-state index contributed by atoms with van der Waals surface area (Å²) in [5, 5.41) is 17.4. The van der Waals surface area contributed by atoms with Crippen LogP contribution in [0.5, 0.6) is 0 Å². The monoisotopic (exact) mass is 350 g/mol. The summed E-state index contributed by atoms with van der Waals surface area (Å²) < 4.78 is 0. The lowest BCUT2D eigenvalue weighted by Crippen LogP contribution is -2.43. The third-order valence-electron chi connectivity index (χ3n) is 3.91. The summed E-state index contributed by atoms with van der Waals surface area (Å²) in [6.07, 6.45) is 0. The average molecular weight is 350 g/mol. The fraction of sp³-hybridized carbons (Fsp3) is 0.100. The van der Waals surface area contributed by atoms with Gasteiger partial charge in [0.15, 0.2) is 5.60 Å². The molecule has 126 valence electrons. The maximum atomic E-state index is 12.9. The lowest BCUT2D eigenvalue weighted by atomic mass is 9.85. The summed E-state index contributed by atoms with van der Waals surface area (Å²) in [5.41, 5.74) is 2.36. The standard InChI is InChI=1S/C20H18N2O2S/c1-15(18-13-8-14-25-18)21-22-19(23)20(24,16-9-4-2-5-10-16)17-11-6-3-7-12-17/h2-14,24H,1H3,(H,22,23)/b21-15-. The zero-order chi connectivity index (χ0) is 17.7. The first kappa shape index (κ1) is 17.1. The third kappa shape index (κ3) is 3.52. The van der Waals surface area contributed by atoms with Crippen LogP contribution < -0.4 is 5.43 Å². The van der Waals surface area contributed by atoms with E-state index in [-0.39, 0.29) is 0 Å². The minimum atomic E-state index is -1.82. The minimum Gasteiger partial charge on any atom is -0.372 e. The smallest absolute Gasteiger partial charge is 0.281 e. The molecular formula is C20H18N2O2S. The first-order valence-corrected chi connectivity index (χ1v) is 8.72. The van der Waals surface area contributed by atoms with Crippen LogP contribution in [0.1, 0.15) is 22.9 Å². The maximum absolute atomic E-state index is 12.9. The molecule has 1 aromatic heterocycles. The van der Waals surface area contributed by atoms with Crippen LogP contribution in [-0.4, -0.2) is 16.7 Å². The molecule has 0 aliphatic rings. The zero-order valence-electron chi connectivity index (χ0n) is 13.7. The molecule has 0 aliphatic carbocycles. The van der Waals surface area contributed by atoms with Crippen molar-refractivity contribution in [1.29, 1.82) is 0 Å². The second-order valence-corrected chi connectivity index (χ2v) is 6.51. The number of hydrazone groups is 1. The Balaban J connectivity index is 1.95. The first-order chi connectivity index (χ1) is 12.1. The highest BCUT2D eigenvalue weighted by atomic mass is 32.1. The third-order valence-corrected chi connectivity index (χ3v) is 4.89. The van der Waals surface area contributed by atoms with Crippen LogP contribution in [-0.2, 0) is 10.4 Å². The number of hydrogen-bond donors (Lipinski definition) is 2. The molecule has 2 N–H and O–H groups in total. The lowest BCUT2D eigenvalue weighted by Gasteiger charge is -2.27. The molecule has 5 heteroatoms. The van der Waals surface area contributed by atoms with Crippen LogP contribution in [0.3, 0.4) is 0 Å². The maximum Gasteiger partial charge on any atom is 0.281 e. The Hall–Kier alpha value is -2.76. The number of hydrogen-bond acceptors (Lipinski definition) is 4. The average Bonchev–Trinajstić information content (AvgIpc) is 3.21. The Labute approximate surface area is 150 Å². The summed E-state index contributed by atoms with van der Waals surface area (Å²) in [7, 11) is 0. The highest BCUT2D eigenvalue weighted by Gasteiger charge is 2.39. The number of rotatable bonds is 5. The van der Waals surface area contributed by atoms with Crippen molar-refractivity contribution in [2.45, 2.75) is 12.5 Å². The summed E-state index contributed by atoms with van der Waals surface area (Å²) in [6.45, 7) is 1.82. The number of nitrogens with one attached hydrogen (secondary N) is 1. The molecule has 0 bridgehead atoms. The Morgan fingerprint density at radius 1 is 0.960 bits per heavy atom. The van der Waals surface area contributed by atoms with Gasteiger partial charge in [-0.2, -0.15) is 5.10 Å². The zero-order valence-corrected chi connectivity index (χ0v) is 14.5. The molecule has 2 aromatic carbocycles. The molecule has 0 unspecified atom stereocenters. The molecule has 1 amide bonds. The van der Waals surface area contributed by atoms with E-state index in [4.69, 9.17) is 0 Å². The normalized spacial score (nSPS) is 12.0. The number of thiophene rings is 1. The van der Waals surface area contributed by atoms with E-state index in [9.17, 15) is 9.90 Å². The highest BCUT2D eigenvalue weighted by molar-refractivity contribution is 7.12. The van der Waals surface area contributed by atoms with Gasteiger partial charge in [0.25, 0.3) is 5.91 Å². The van der Waals surface area contributed by atoms with E-state index in [1.54, 1.807) is 48.5 Å². The molecule has 0 saturated carbocycles. The van der Waals surface area contributed by atoms with Crippen LogP contribution in [0.25, 0.3) is 0 Å². The van der Waals surface area contributed by atoms with Crippen LogP contribution in [0, 0.1) is 0 Å². The van der Waals surface area contributed by atoms with E-state index in [0.29, 0.717) is 16.8 Å². The van der Waals surface area contributed by atoms with Crippen molar-refractivity contribution in [3.05, 3.63) is 94.2 Å². The highest BCUT2D eigenvalue weighted by Crippen LogP contribution is 2.29. The Kier molecular flexibility index (Phi) is 5.07. The molecular weight excluding hydrogens is 332 g/mol. The summed E-state index contributed by atoms with van der Waals surface area (Å²) in [6, 6.07) is 21.6. The van der Waals surface area contributed by atoms with Gasteiger partial charge in [-0.15, -0.1) is 11.3 Å². The minimum absolute atomic E-state index is 0.489. The Bertz CT molecular complexity index is 820. The van der Waals surface area contributed by atoms with Gasteiger partial charge >= 0.3 is 0 Å². The van der Waals surface area contributed by atoms with E-state index in [2.05, 4.69) is 10.5 Å². The Morgan fingerprint density at radius 3 is 2.00 bits per heavy atom. The lowest BCUT2D eigenvalue weighted by molar-refractivity contribution is -0.136. The fourth-order valence-corrected chi connectivity index (χ4v) is 3.22. The van der Waals surface area contributed by atoms with Gasteiger partial charge in [0.2, 0.25) is 0 Å². The van der Waals surface area contributed by atoms with Gasteiger partial charge in [-0.25, -0.2) is 5.43 Å². The number of benzene rings is 2. The van der Waals surface area contributed by atoms with E-state index in [0.717, 1.165) is 4.88 Å². The van der Waals surface area contributed by atoms with Crippen molar-refractivity contribution < 1.29 is 9.90 Å². The molecule has 0 aliphatic heterocycles. The second kappa shape index (κ2) is 7.42. The number of nitrogens with zero attached hydrogens (tertiary/aromatic N) is 1. The van der Waals surface area contributed by atoms with E-state index in [1.807, 2.05) is 36.6 Å². The fourth-order valence-electron chi connectivity index (χ4n) is 2.54. The van der Waals surface area contributed by atoms with Gasteiger partial charge < -0.3 is 5.11 Å². The topological polar surface area (TPSA) is 61.7 Å². The van der Waals surface area contributed by atoms with Crippen LogP contribution in [0.4, 0.5) is 0 Å². The number of carbonyl (C=O) groups excluding carboxylic acids is 1. The van der Waals surface area contributed by atoms with Crippen LogP contribution in [0.2, 0.25) is 0 Å². The molecule has 0 radical (unpaired) electrons. The molecule has 0 fully saturated rings. The summed E-state index contributed by atoms with van der Waals surface area (Å²) in [4.78, 5) is 13.8. The van der Waals surface area contributed by atoms with Crippen molar-refractivity contribution in [1.82, 2.24) is 5.43 Å². The van der Waals surface area contributed by atoms with Crippen LogP contribution in [0.15, 0.2) is 83.3 Å². The van der Waals surface area contributed by atoms with E-state index < -0.39 is 11.5 Å². The molecule has 0 saturated heterocycles. The van der Waals surface area contributed by atoms with E-state index in [1.165, 1.54) is 11.3 Å². The molecule has 3 aromatic rings. The second-order valence-electron chi connectivity index (χ2n) is 5.56. The van der Waals surface area contributed by atoms with Crippen LogP contribution >= 0.6 is 11.3 Å². The molecule has 3 rings (SSSR count). The molecule has 0 spiro atoms. The predicted molar refractivity (Wildman–Crippen MR) is 101 cm³/mol. The van der Waals surface area contributed by atoms with Gasteiger partial charge in [-0.05, 0) is 29.5 Å². The van der Waals surface area contributed by atoms with Gasteiger partial charge in [0.1, 0.15) is 0 Å². The predicted octanol–water partition coefficient (Wildman–Crippen LogP) is 3.52. The van der Waals surface area contributed by atoms with Crippen molar-refractivity contribution in [2.24, 2.45) is 5.10 Å². The molecule has 4 nitrogen and oxygen atoms in total. The molecule has 0 atom stereocenters. The number of carbonyl (C=O) groups is 1. The van der Waals surface area contributed by atoms with Crippen molar-refractivity contribution in [2.75, 3.05) is 0 Å². The van der Waals surface area contributed by atoms with Gasteiger partial charge in [0.05, 0.1) is 5.71 Å². The SMILES string of the molecule is C/C(=N/NC(=O)C(O)(c1ccccc1)c1ccccc1)c1cccs1. The van der Waals surface area contributed by atoms with Crippen molar-refractivity contribution in [3.63, 3.8) is 0 Å². The van der Waals surface area contributed by atoms with Crippen molar-refractivity contribution >= 4 is 23.0 Å². The summed E-state index contributed by atoms with van der Waals surface area (Å²) >= 11 is 1.54. The Morgan fingerprint density at radius 2 is 1.52 bits per heavy atom. The van der Waals surface area contributed by atoms with Gasteiger partial charge in [-0.3, -0.25) is 4.79 Å². The van der Waals surface area contributed by atoms with Gasteiger partial charge in [-0.1, -0.05) is 66.7 Å². The largest absolute Gasteiger partial charge is 0.372 e. The molecule has 1 heterocycles. The van der Waals surface area contributed by atoms with Crippen molar-refractivity contribution in [3.8, 4) is 0 Å². The quantitative estimate of drug-likeness (QED) is 0.546.